The van der Waals surface area contributed by atoms with Gasteiger partial charge < -0.3 is 4.90 Å². The maximum Gasteiger partial charge on any atom is 0.241 e. The standard InChI is InChI=1S/C21H24N2O/c1-3-15-22(16-4-2)18-21(24)23(20-13-9-6-10-14-20)17-19-11-7-5-8-12-19/h3-14H,1-2,15-18H2. The van der Waals surface area contributed by atoms with E-state index in [1.807, 2.05) is 70.5 Å². The molecule has 0 N–H and O–H groups in total. The lowest BCUT2D eigenvalue weighted by Gasteiger charge is -2.26. The van der Waals surface area contributed by atoms with Crippen molar-refractivity contribution in [2.75, 3.05) is 24.5 Å². The first kappa shape index (κ1) is 17.7. The van der Waals surface area contributed by atoms with Crippen LogP contribution in [0.15, 0.2) is 86.0 Å². The molecule has 0 saturated heterocycles. The third-order valence-corrected chi connectivity index (χ3v) is 3.69. The Hall–Kier alpha value is -2.65. The summed E-state index contributed by atoms with van der Waals surface area (Å²) in [7, 11) is 0. The van der Waals surface area contributed by atoms with E-state index in [1.54, 1.807) is 12.2 Å². The van der Waals surface area contributed by atoms with Crippen LogP contribution >= 0.6 is 0 Å². The van der Waals surface area contributed by atoms with E-state index < -0.39 is 0 Å². The molecule has 3 heteroatoms. The fourth-order valence-electron chi connectivity index (χ4n) is 2.54. The van der Waals surface area contributed by atoms with Crippen LogP contribution in [0.5, 0.6) is 0 Å². The van der Waals surface area contributed by atoms with E-state index in [0.717, 1.165) is 11.3 Å². The SMILES string of the molecule is C=CCN(CC=C)CC(=O)N(Cc1ccccc1)c1ccccc1. The smallest absolute Gasteiger partial charge is 0.241 e. The Morgan fingerprint density at radius 2 is 1.42 bits per heavy atom. The largest absolute Gasteiger partial charge is 0.307 e. The molecule has 0 saturated carbocycles. The fraction of sp³-hybridized carbons (Fsp3) is 0.190. The number of carbonyl (C=O) groups excluding carboxylic acids is 1. The lowest BCUT2D eigenvalue weighted by Crippen LogP contribution is -2.40. The van der Waals surface area contributed by atoms with Crippen molar-refractivity contribution in [1.29, 1.82) is 0 Å². The van der Waals surface area contributed by atoms with Crippen LogP contribution in [-0.2, 0) is 11.3 Å². The normalized spacial score (nSPS) is 10.4. The molecule has 0 fully saturated rings. The van der Waals surface area contributed by atoms with Crippen molar-refractivity contribution in [3.63, 3.8) is 0 Å². The van der Waals surface area contributed by atoms with Crippen molar-refractivity contribution in [2.24, 2.45) is 0 Å². The minimum absolute atomic E-state index is 0.0637. The highest BCUT2D eigenvalue weighted by Crippen LogP contribution is 2.17. The highest BCUT2D eigenvalue weighted by atomic mass is 16.2. The van der Waals surface area contributed by atoms with Gasteiger partial charge in [-0.2, -0.15) is 0 Å². The van der Waals surface area contributed by atoms with Crippen LogP contribution in [0, 0.1) is 0 Å². The fourth-order valence-corrected chi connectivity index (χ4v) is 2.54. The number of hydrogen-bond acceptors (Lipinski definition) is 2. The number of nitrogens with zero attached hydrogens (tertiary/aromatic N) is 2. The molecule has 0 heterocycles. The maximum atomic E-state index is 12.9. The van der Waals surface area contributed by atoms with Gasteiger partial charge in [-0.1, -0.05) is 60.7 Å². The second kappa shape index (κ2) is 9.48. The van der Waals surface area contributed by atoms with Crippen LogP contribution in [0.1, 0.15) is 5.56 Å². The Balaban J connectivity index is 2.19. The third kappa shape index (κ3) is 5.21. The number of carbonyl (C=O) groups is 1. The summed E-state index contributed by atoms with van der Waals surface area (Å²) in [6.07, 6.45) is 3.61. The minimum Gasteiger partial charge on any atom is -0.307 e. The molecule has 3 nitrogen and oxygen atoms in total. The third-order valence-electron chi connectivity index (χ3n) is 3.69. The van der Waals surface area contributed by atoms with Crippen LogP contribution in [0.25, 0.3) is 0 Å². The van der Waals surface area contributed by atoms with Gasteiger partial charge in [-0.25, -0.2) is 0 Å². The molecule has 0 aromatic heterocycles. The highest BCUT2D eigenvalue weighted by Gasteiger charge is 2.18. The zero-order valence-electron chi connectivity index (χ0n) is 14.0. The van der Waals surface area contributed by atoms with Crippen molar-refractivity contribution < 1.29 is 4.79 Å². The molecule has 0 bridgehead atoms. The number of amides is 1. The van der Waals surface area contributed by atoms with Crippen molar-refractivity contribution in [3.8, 4) is 0 Å². The topological polar surface area (TPSA) is 23.6 Å². The van der Waals surface area contributed by atoms with Gasteiger partial charge in [-0.05, 0) is 17.7 Å². The molecule has 2 aromatic rings. The molecule has 24 heavy (non-hydrogen) atoms. The zero-order chi connectivity index (χ0) is 17.2. The molecule has 124 valence electrons. The molecule has 1 amide bonds. The summed E-state index contributed by atoms with van der Waals surface area (Å²) in [4.78, 5) is 16.8. The van der Waals surface area contributed by atoms with E-state index in [-0.39, 0.29) is 5.91 Å². The molecular weight excluding hydrogens is 296 g/mol. The lowest BCUT2D eigenvalue weighted by atomic mass is 10.2. The van der Waals surface area contributed by atoms with Gasteiger partial charge in [0.2, 0.25) is 5.91 Å². The van der Waals surface area contributed by atoms with Crippen LogP contribution in [0.2, 0.25) is 0 Å². The summed E-state index contributed by atoms with van der Waals surface area (Å²) in [5.74, 6) is 0.0637. The Labute approximate surface area is 144 Å². The van der Waals surface area contributed by atoms with Crippen LogP contribution in [-0.4, -0.2) is 30.4 Å². The number of hydrogen-bond donors (Lipinski definition) is 0. The van der Waals surface area contributed by atoms with Gasteiger partial charge in [-0.3, -0.25) is 9.69 Å². The van der Waals surface area contributed by atoms with Gasteiger partial charge in [-0.15, -0.1) is 13.2 Å². The molecular formula is C21H24N2O. The van der Waals surface area contributed by atoms with Crippen LogP contribution < -0.4 is 4.90 Å². The van der Waals surface area contributed by atoms with E-state index in [2.05, 4.69) is 13.2 Å². The predicted octanol–water partition coefficient (Wildman–Crippen LogP) is 3.89. The van der Waals surface area contributed by atoms with E-state index in [4.69, 9.17) is 0 Å². The average Bonchev–Trinajstić information content (AvgIpc) is 2.61. The van der Waals surface area contributed by atoms with E-state index in [9.17, 15) is 4.79 Å². The zero-order valence-corrected chi connectivity index (χ0v) is 14.0. The summed E-state index contributed by atoms with van der Waals surface area (Å²) in [6, 6.07) is 19.8. The summed E-state index contributed by atoms with van der Waals surface area (Å²) in [5.41, 5.74) is 2.01. The second-order valence-electron chi connectivity index (χ2n) is 5.57. The Kier molecular flexibility index (Phi) is 6.99. The Bertz CT molecular complexity index is 642. The van der Waals surface area contributed by atoms with E-state index in [0.29, 0.717) is 26.2 Å². The van der Waals surface area contributed by atoms with Crippen molar-refractivity contribution >= 4 is 11.6 Å². The summed E-state index contributed by atoms with van der Waals surface area (Å²) >= 11 is 0. The lowest BCUT2D eigenvalue weighted by molar-refractivity contribution is -0.119. The van der Waals surface area contributed by atoms with E-state index >= 15 is 0 Å². The monoisotopic (exact) mass is 320 g/mol. The predicted molar refractivity (Wildman–Crippen MR) is 101 cm³/mol. The number of anilines is 1. The Morgan fingerprint density at radius 1 is 0.875 bits per heavy atom. The number of para-hydroxylation sites is 1. The molecule has 0 aliphatic heterocycles. The quantitative estimate of drug-likeness (QED) is 0.654. The molecule has 2 rings (SSSR count). The van der Waals surface area contributed by atoms with Gasteiger partial charge in [0.25, 0.3) is 0 Å². The van der Waals surface area contributed by atoms with Gasteiger partial charge in [0.15, 0.2) is 0 Å². The molecule has 2 aromatic carbocycles. The summed E-state index contributed by atoms with van der Waals surface area (Å²) in [5, 5.41) is 0. The van der Waals surface area contributed by atoms with E-state index in [1.165, 1.54) is 0 Å². The van der Waals surface area contributed by atoms with Gasteiger partial charge >= 0.3 is 0 Å². The number of rotatable bonds is 9. The summed E-state index contributed by atoms with van der Waals surface area (Å²) < 4.78 is 0. The summed E-state index contributed by atoms with van der Waals surface area (Å²) in [6.45, 7) is 9.73. The molecule has 0 aliphatic rings. The second-order valence-corrected chi connectivity index (χ2v) is 5.57. The highest BCUT2D eigenvalue weighted by molar-refractivity contribution is 5.94. The minimum atomic E-state index is 0.0637. The Morgan fingerprint density at radius 3 is 1.96 bits per heavy atom. The van der Waals surface area contributed by atoms with Gasteiger partial charge in [0.1, 0.15) is 0 Å². The van der Waals surface area contributed by atoms with Gasteiger partial charge in [0, 0.05) is 18.8 Å². The molecule has 0 radical (unpaired) electrons. The number of benzene rings is 2. The molecule has 0 aliphatic carbocycles. The van der Waals surface area contributed by atoms with Crippen molar-refractivity contribution in [3.05, 3.63) is 91.5 Å². The first-order valence-electron chi connectivity index (χ1n) is 8.08. The van der Waals surface area contributed by atoms with Crippen LogP contribution in [0.4, 0.5) is 5.69 Å². The van der Waals surface area contributed by atoms with Crippen molar-refractivity contribution in [2.45, 2.75) is 6.54 Å². The molecule has 0 spiro atoms. The molecule has 0 atom stereocenters. The maximum absolute atomic E-state index is 12.9. The first-order chi connectivity index (χ1) is 11.7. The van der Waals surface area contributed by atoms with Crippen molar-refractivity contribution in [1.82, 2.24) is 4.90 Å². The average molecular weight is 320 g/mol. The molecule has 0 unspecified atom stereocenters. The van der Waals surface area contributed by atoms with Gasteiger partial charge in [0.05, 0.1) is 13.1 Å². The first-order valence-corrected chi connectivity index (χ1v) is 8.08. The van der Waals surface area contributed by atoms with Crippen LogP contribution in [0.3, 0.4) is 0 Å².